The van der Waals surface area contributed by atoms with Crippen LogP contribution in [0.25, 0.3) is 10.8 Å². The third-order valence-corrected chi connectivity index (χ3v) is 8.67. The van der Waals surface area contributed by atoms with E-state index >= 15 is 0 Å². The van der Waals surface area contributed by atoms with Crippen molar-refractivity contribution in [1.82, 2.24) is 0 Å². The SMILES string of the molecule is Cc1c(C)c(C)c2c(c1C)OC1(C=Nc3c(c(C)c(C)c4c(C)c(C)c(C)c(C)c34)O1)N2C. The molecule has 1 unspecified atom stereocenters. The van der Waals surface area contributed by atoms with Gasteiger partial charge in [-0.3, -0.25) is 4.90 Å². The summed E-state index contributed by atoms with van der Waals surface area (Å²) >= 11 is 0. The Kier molecular flexibility index (Phi) is 4.46. The number of ether oxygens (including phenoxy) is 2. The molecule has 0 aliphatic carbocycles. The van der Waals surface area contributed by atoms with Crippen LogP contribution in [0.5, 0.6) is 11.5 Å². The molecule has 172 valence electrons. The molecule has 0 amide bonds. The molecule has 0 saturated carbocycles. The van der Waals surface area contributed by atoms with Crippen LogP contribution < -0.4 is 14.4 Å². The highest BCUT2D eigenvalue weighted by atomic mass is 16.7. The fraction of sp³-hybridized carbons (Fsp3) is 0.414. The van der Waals surface area contributed by atoms with Crippen LogP contribution in [0.3, 0.4) is 0 Å². The minimum absolute atomic E-state index is 0.816. The Labute approximate surface area is 197 Å². The van der Waals surface area contributed by atoms with Crippen LogP contribution in [-0.2, 0) is 0 Å². The summed E-state index contributed by atoms with van der Waals surface area (Å²) < 4.78 is 13.4. The Morgan fingerprint density at radius 3 is 1.67 bits per heavy atom. The summed E-state index contributed by atoms with van der Waals surface area (Å²) in [6.45, 7) is 21.8. The molecular formula is C29H34N2O2. The maximum absolute atomic E-state index is 6.80. The summed E-state index contributed by atoms with van der Waals surface area (Å²) in [7, 11) is 2.04. The van der Waals surface area contributed by atoms with E-state index in [1.807, 2.05) is 13.3 Å². The molecule has 3 aromatic carbocycles. The van der Waals surface area contributed by atoms with Gasteiger partial charge in [-0.05, 0) is 130 Å². The molecule has 2 aliphatic rings. The number of anilines is 1. The second-order valence-corrected chi connectivity index (χ2v) is 10.0. The van der Waals surface area contributed by atoms with Gasteiger partial charge in [0.2, 0.25) is 0 Å². The summed E-state index contributed by atoms with van der Waals surface area (Å²) in [4.78, 5) is 7.15. The molecule has 0 fully saturated rings. The van der Waals surface area contributed by atoms with Gasteiger partial charge in [0.15, 0.2) is 11.5 Å². The smallest absolute Gasteiger partial charge is 0.378 e. The maximum atomic E-state index is 6.80. The molecule has 2 aliphatic heterocycles. The van der Waals surface area contributed by atoms with E-state index in [-0.39, 0.29) is 0 Å². The lowest BCUT2D eigenvalue weighted by Gasteiger charge is -2.36. The molecule has 0 radical (unpaired) electrons. The topological polar surface area (TPSA) is 34.1 Å². The Hall–Kier alpha value is -3.01. The Morgan fingerprint density at radius 1 is 0.576 bits per heavy atom. The van der Waals surface area contributed by atoms with Crippen molar-refractivity contribution in [3.05, 3.63) is 55.6 Å². The lowest BCUT2D eigenvalue weighted by molar-refractivity contribution is -0.0326. The first-order chi connectivity index (χ1) is 15.4. The fourth-order valence-corrected chi connectivity index (χ4v) is 5.65. The lowest BCUT2D eigenvalue weighted by atomic mass is 9.86. The van der Waals surface area contributed by atoms with E-state index in [2.05, 4.69) is 74.1 Å². The average Bonchev–Trinajstić information content (AvgIpc) is 3.07. The number of nitrogens with zero attached hydrogens (tertiary/aromatic N) is 2. The number of aryl methyl sites for hydroxylation is 3. The van der Waals surface area contributed by atoms with Gasteiger partial charge in [0.05, 0.1) is 5.69 Å². The van der Waals surface area contributed by atoms with Gasteiger partial charge < -0.3 is 9.47 Å². The summed E-state index contributed by atoms with van der Waals surface area (Å²) in [5, 5.41) is 2.49. The summed E-state index contributed by atoms with van der Waals surface area (Å²) in [5.74, 6) is 0.622. The fourth-order valence-electron chi connectivity index (χ4n) is 5.65. The predicted octanol–water partition coefficient (Wildman–Crippen LogP) is 7.20. The predicted molar refractivity (Wildman–Crippen MR) is 138 cm³/mol. The molecule has 0 bridgehead atoms. The van der Waals surface area contributed by atoms with Gasteiger partial charge >= 0.3 is 5.91 Å². The zero-order valence-electron chi connectivity index (χ0n) is 21.8. The van der Waals surface area contributed by atoms with E-state index in [0.717, 1.165) is 34.0 Å². The molecule has 0 saturated heterocycles. The Bertz CT molecular complexity index is 1430. The highest BCUT2D eigenvalue weighted by molar-refractivity contribution is 6.06. The van der Waals surface area contributed by atoms with Gasteiger partial charge in [-0.2, -0.15) is 0 Å². The third-order valence-electron chi connectivity index (χ3n) is 8.67. The normalized spacial score (nSPS) is 18.6. The molecule has 0 aromatic heterocycles. The highest BCUT2D eigenvalue weighted by Gasteiger charge is 2.50. The summed E-state index contributed by atoms with van der Waals surface area (Å²) in [5.41, 5.74) is 14.6. The molecule has 3 aromatic rings. The highest BCUT2D eigenvalue weighted by Crippen LogP contribution is 2.53. The van der Waals surface area contributed by atoms with Gasteiger partial charge in [-0.1, -0.05) is 0 Å². The summed E-state index contributed by atoms with van der Waals surface area (Å²) in [6.07, 6.45) is 1.84. The van der Waals surface area contributed by atoms with Crippen LogP contribution in [0.4, 0.5) is 11.4 Å². The van der Waals surface area contributed by atoms with Gasteiger partial charge in [0, 0.05) is 12.4 Å². The van der Waals surface area contributed by atoms with Gasteiger partial charge in [0.1, 0.15) is 11.9 Å². The number of hydrogen-bond donors (Lipinski definition) is 0. The van der Waals surface area contributed by atoms with Crippen molar-refractivity contribution >= 4 is 28.4 Å². The Morgan fingerprint density at radius 2 is 1.03 bits per heavy atom. The minimum atomic E-state index is -1.08. The number of hydrogen-bond acceptors (Lipinski definition) is 4. The number of fused-ring (bicyclic) bond motifs is 4. The van der Waals surface area contributed by atoms with Crippen LogP contribution in [0.2, 0.25) is 0 Å². The van der Waals surface area contributed by atoms with E-state index in [4.69, 9.17) is 14.5 Å². The van der Waals surface area contributed by atoms with E-state index < -0.39 is 5.91 Å². The lowest BCUT2D eigenvalue weighted by Crippen LogP contribution is -2.55. The van der Waals surface area contributed by atoms with Crippen molar-refractivity contribution in [3.8, 4) is 11.5 Å². The molecule has 1 atom stereocenters. The number of aliphatic imine (C=N–C) groups is 1. The third kappa shape index (κ3) is 2.55. The molecule has 1 spiro atoms. The van der Waals surface area contributed by atoms with Gasteiger partial charge in [-0.15, -0.1) is 0 Å². The zero-order chi connectivity index (χ0) is 24.1. The zero-order valence-corrected chi connectivity index (χ0v) is 21.8. The quantitative estimate of drug-likeness (QED) is 0.369. The van der Waals surface area contributed by atoms with Crippen molar-refractivity contribution < 1.29 is 9.47 Å². The van der Waals surface area contributed by atoms with Crippen LogP contribution >= 0.6 is 0 Å². The second kappa shape index (κ2) is 6.75. The van der Waals surface area contributed by atoms with Gasteiger partial charge in [0.25, 0.3) is 0 Å². The van der Waals surface area contributed by atoms with E-state index in [9.17, 15) is 0 Å². The van der Waals surface area contributed by atoms with Crippen LogP contribution in [-0.4, -0.2) is 19.2 Å². The first-order valence-corrected chi connectivity index (χ1v) is 11.7. The second-order valence-electron chi connectivity index (χ2n) is 10.0. The van der Waals surface area contributed by atoms with Crippen molar-refractivity contribution in [1.29, 1.82) is 0 Å². The van der Waals surface area contributed by atoms with Crippen LogP contribution in [0.1, 0.15) is 55.6 Å². The summed E-state index contributed by atoms with van der Waals surface area (Å²) in [6, 6.07) is 0. The van der Waals surface area contributed by atoms with Crippen LogP contribution in [0, 0.1) is 69.2 Å². The molecule has 5 rings (SSSR count). The molecule has 2 heterocycles. The van der Waals surface area contributed by atoms with Crippen molar-refractivity contribution in [2.24, 2.45) is 4.99 Å². The van der Waals surface area contributed by atoms with Crippen LogP contribution in [0.15, 0.2) is 4.99 Å². The van der Waals surface area contributed by atoms with E-state index in [1.165, 1.54) is 55.3 Å². The first-order valence-electron chi connectivity index (χ1n) is 11.7. The molecule has 4 heteroatoms. The molecular weight excluding hydrogens is 408 g/mol. The van der Waals surface area contributed by atoms with Crippen molar-refractivity contribution in [2.75, 3.05) is 11.9 Å². The maximum Gasteiger partial charge on any atom is 0.378 e. The largest absolute Gasteiger partial charge is 0.428 e. The standard InChI is InChI=1S/C29H34N2O2/c1-13-14(2)18(6)24-23(17(13)5)19(7)22(10)27-25(24)30-12-29(32-27)31(11)26-20(8)15(3)16(4)21(9)28(26)33-29/h12H,1-11H3. The Balaban J connectivity index is 1.77. The molecule has 4 nitrogen and oxygen atoms in total. The average molecular weight is 443 g/mol. The number of rotatable bonds is 0. The molecule has 0 N–H and O–H groups in total. The van der Waals surface area contributed by atoms with Crippen molar-refractivity contribution in [3.63, 3.8) is 0 Å². The first kappa shape index (κ1) is 21.8. The van der Waals surface area contributed by atoms with Crippen molar-refractivity contribution in [2.45, 2.75) is 75.1 Å². The molecule has 33 heavy (non-hydrogen) atoms. The minimum Gasteiger partial charge on any atom is -0.428 e. The van der Waals surface area contributed by atoms with E-state index in [1.54, 1.807) is 0 Å². The van der Waals surface area contributed by atoms with Gasteiger partial charge in [-0.25, -0.2) is 4.99 Å². The van der Waals surface area contributed by atoms with E-state index in [0.29, 0.717) is 0 Å². The monoisotopic (exact) mass is 442 g/mol. The number of benzene rings is 3.